The predicted molar refractivity (Wildman–Crippen MR) is 90.0 cm³/mol. The summed E-state index contributed by atoms with van der Waals surface area (Å²) in [7, 11) is 0. The molecule has 0 saturated heterocycles. The van der Waals surface area contributed by atoms with E-state index in [2.05, 4.69) is 27.3 Å². The van der Waals surface area contributed by atoms with Gasteiger partial charge in [-0.2, -0.15) is 0 Å². The average molecular weight is 345 g/mol. The Hall–Kier alpha value is -1.81. The van der Waals surface area contributed by atoms with Crippen LogP contribution in [-0.4, -0.2) is 12.6 Å². The van der Waals surface area contributed by atoms with Crippen molar-refractivity contribution in [3.63, 3.8) is 0 Å². The number of nitrogens with one attached hydrogen (secondary N) is 1. The minimum absolute atomic E-state index is 0.0771. The molecule has 0 aliphatic carbocycles. The molecule has 2 aromatic rings. The standard InChI is InChI=1S/C17H17BrN2O/c1-12-8-9-15(14(18)11-12)19-17(21)20-10-4-6-13-5-2-3-7-16(13)20/h2-3,5,7-9,11H,4,6,10H2,1H3,(H,19,21). The maximum atomic E-state index is 12.6. The van der Waals surface area contributed by atoms with Gasteiger partial charge in [0.05, 0.1) is 5.69 Å². The second-order valence-electron chi connectivity index (χ2n) is 5.30. The summed E-state index contributed by atoms with van der Waals surface area (Å²) in [5.41, 5.74) is 4.21. The lowest BCUT2D eigenvalue weighted by atomic mass is 10.0. The number of urea groups is 1. The number of fused-ring (bicyclic) bond motifs is 1. The third-order valence-corrected chi connectivity index (χ3v) is 4.38. The van der Waals surface area contributed by atoms with Crippen molar-refractivity contribution in [1.29, 1.82) is 0 Å². The summed E-state index contributed by atoms with van der Waals surface area (Å²) < 4.78 is 0.904. The first-order valence-electron chi connectivity index (χ1n) is 7.08. The summed E-state index contributed by atoms with van der Waals surface area (Å²) >= 11 is 3.50. The molecule has 0 saturated carbocycles. The zero-order valence-corrected chi connectivity index (χ0v) is 13.5. The lowest BCUT2D eigenvalue weighted by Gasteiger charge is -2.29. The summed E-state index contributed by atoms with van der Waals surface area (Å²) in [5.74, 6) is 0. The Morgan fingerprint density at radius 2 is 2.05 bits per heavy atom. The van der Waals surface area contributed by atoms with Gasteiger partial charge >= 0.3 is 6.03 Å². The molecule has 0 spiro atoms. The molecule has 2 aromatic carbocycles. The van der Waals surface area contributed by atoms with Crippen molar-refractivity contribution < 1.29 is 4.79 Å². The fourth-order valence-electron chi connectivity index (χ4n) is 2.65. The topological polar surface area (TPSA) is 32.3 Å². The minimum atomic E-state index is -0.0771. The summed E-state index contributed by atoms with van der Waals surface area (Å²) in [6, 6.07) is 13.9. The van der Waals surface area contributed by atoms with Crippen LogP contribution in [0.4, 0.5) is 16.2 Å². The van der Waals surface area contributed by atoms with Crippen LogP contribution in [0.3, 0.4) is 0 Å². The van der Waals surface area contributed by atoms with Gasteiger partial charge in [0.2, 0.25) is 0 Å². The van der Waals surface area contributed by atoms with E-state index in [0.29, 0.717) is 0 Å². The average Bonchev–Trinajstić information content (AvgIpc) is 2.49. The van der Waals surface area contributed by atoms with Crippen LogP contribution in [0.2, 0.25) is 0 Å². The van der Waals surface area contributed by atoms with Crippen LogP contribution >= 0.6 is 15.9 Å². The van der Waals surface area contributed by atoms with Crippen molar-refractivity contribution in [2.75, 3.05) is 16.8 Å². The normalized spacial score (nSPS) is 13.7. The van der Waals surface area contributed by atoms with Crippen LogP contribution in [0.1, 0.15) is 17.5 Å². The van der Waals surface area contributed by atoms with Crippen LogP contribution in [0.25, 0.3) is 0 Å². The molecule has 1 aliphatic rings. The van der Waals surface area contributed by atoms with E-state index in [1.165, 1.54) is 5.56 Å². The fourth-order valence-corrected chi connectivity index (χ4v) is 3.24. The Labute approximate surface area is 133 Å². The Bertz CT molecular complexity index is 684. The number of hydrogen-bond acceptors (Lipinski definition) is 1. The van der Waals surface area contributed by atoms with Gasteiger partial charge in [-0.15, -0.1) is 0 Å². The Kier molecular flexibility index (Phi) is 3.97. The molecule has 0 fully saturated rings. The van der Waals surface area contributed by atoms with E-state index in [-0.39, 0.29) is 6.03 Å². The SMILES string of the molecule is Cc1ccc(NC(=O)N2CCCc3ccccc32)c(Br)c1. The van der Waals surface area contributed by atoms with E-state index in [1.54, 1.807) is 0 Å². The van der Waals surface area contributed by atoms with Gasteiger partial charge in [-0.25, -0.2) is 4.79 Å². The molecule has 3 rings (SSSR count). The van der Waals surface area contributed by atoms with Crippen molar-refractivity contribution in [3.05, 3.63) is 58.1 Å². The monoisotopic (exact) mass is 344 g/mol. The van der Waals surface area contributed by atoms with Crippen molar-refractivity contribution in [2.45, 2.75) is 19.8 Å². The molecule has 0 aromatic heterocycles. The first-order chi connectivity index (χ1) is 10.1. The minimum Gasteiger partial charge on any atom is -0.306 e. The number of halogens is 1. The van der Waals surface area contributed by atoms with Crippen molar-refractivity contribution in [1.82, 2.24) is 0 Å². The van der Waals surface area contributed by atoms with Crippen molar-refractivity contribution in [2.24, 2.45) is 0 Å². The van der Waals surface area contributed by atoms with Gasteiger partial charge < -0.3 is 5.32 Å². The van der Waals surface area contributed by atoms with Gasteiger partial charge in [0.1, 0.15) is 0 Å². The number of para-hydroxylation sites is 1. The zero-order valence-electron chi connectivity index (χ0n) is 11.9. The fraction of sp³-hybridized carbons (Fsp3) is 0.235. The van der Waals surface area contributed by atoms with Gasteiger partial charge in [-0.1, -0.05) is 24.3 Å². The maximum Gasteiger partial charge on any atom is 0.326 e. The molecule has 4 heteroatoms. The van der Waals surface area contributed by atoms with Crippen LogP contribution in [0.15, 0.2) is 46.9 Å². The maximum absolute atomic E-state index is 12.6. The number of benzene rings is 2. The molecule has 21 heavy (non-hydrogen) atoms. The molecule has 0 radical (unpaired) electrons. The molecule has 1 heterocycles. The van der Waals surface area contributed by atoms with E-state index in [0.717, 1.165) is 40.8 Å². The van der Waals surface area contributed by atoms with Gasteiger partial charge in [-0.3, -0.25) is 4.90 Å². The largest absolute Gasteiger partial charge is 0.326 e. The number of nitrogens with zero attached hydrogens (tertiary/aromatic N) is 1. The molecule has 1 aliphatic heterocycles. The highest BCUT2D eigenvalue weighted by Crippen LogP contribution is 2.29. The van der Waals surface area contributed by atoms with Gasteiger partial charge in [0, 0.05) is 16.7 Å². The molecule has 108 valence electrons. The van der Waals surface area contributed by atoms with E-state index < -0.39 is 0 Å². The number of anilines is 2. The third-order valence-electron chi connectivity index (χ3n) is 3.72. The van der Waals surface area contributed by atoms with Crippen LogP contribution in [0, 0.1) is 6.92 Å². The smallest absolute Gasteiger partial charge is 0.306 e. The molecule has 1 N–H and O–H groups in total. The third kappa shape index (κ3) is 2.95. The molecule has 0 unspecified atom stereocenters. The van der Waals surface area contributed by atoms with Gasteiger partial charge in [0.15, 0.2) is 0 Å². The molecular formula is C17H17BrN2O. The first kappa shape index (κ1) is 14.1. The van der Waals surface area contributed by atoms with Gasteiger partial charge in [0.25, 0.3) is 0 Å². The number of carbonyl (C=O) groups is 1. The number of aryl methyl sites for hydroxylation is 2. The molecule has 2 amide bonds. The Morgan fingerprint density at radius 1 is 1.24 bits per heavy atom. The molecule has 3 nitrogen and oxygen atoms in total. The second-order valence-corrected chi connectivity index (χ2v) is 6.15. The lowest BCUT2D eigenvalue weighted by Crippen LogP contribution is -2.38. The summed E-state index contributed by atoms with van der Waals surface area (Å²) in [5, 5.41) is 2.99. The highest BCUT2D eigenvalue weighted by molar-refractivity contribution is 9.10. The first-order valence-corrected chi connectivity index (χ1v) is 7.87. The van der Waals surface area contributed by atoms with E-state index in [4.69, 9.17) is 0 Å². The number of rotatable bonds is 1. The summed E-state index contributed by atoms with van der Waals surface area (Å²) in [4.78, 5) is 14.4. The highest BCUT2D eigenvalue weighted by atomic mass is 79.9. The summed E-state index contributed by atoms with van der Waals surface area (Å²) in [6.45, 7) is 2.78. The van der Waals surface area contributed by atoms with Crippen LogP contribution in [0.5, 0.6) is 0 Å². The second kappa shape index (κ2) is 5.90. The van der Waals surface area contributed by atoms with Crippen molar-refractivity contribution in [3.8, 4) is 0 Å². The summed E-state index contributed by atoms with van der Waals surface area (Å²) in [6.07, 6.45) is 2.04. The van der Waals surface area contributed by atoms with E-state index >= 15 is 0 Å². The molecule has 0 bridgehead atoms. The Balaban J connectivity index is 1.83. The highest BCUT2D eigenvalue weighted by Gasteiger charge is 2.22. The quantitative estimate of drug-likeness (QED) is 0.795. The van der Waals surface area contributed by atoms with Crippen LogP contribution < -0.4 is 10.2 Å². The van der Waals surface area contributed by atoms with E-state index in [9.17, 15) is 4.79 Å². The zero-order chi connectivity index (χ0) is 14.8. The van der Waals surface area contributed by atoms with Crippen LogP contribution in [-0.2, 0) is 6.42 Å². The van der Waals surface area contributed by atoms with E-state index in [1.807, 2.05) is 48.2 Å². The predicted octanol–water partition coefficient (Wildman–Crippen LogP) is 4.74. The number of hydrogen-bond donors (Lipinski definition) is 1. The molecular weight excluding hydrogens is 328 g/mol. The number of carbonyl (C=O) groups excluding carboxylic acids is 1. The van der Waals surface area contributed by atoms with Crippen molar-refractivity contribution >= 4 is 33.3 Å². The molecule has 0 atom stereocenters. The Morgan fingerprint density at radius 3 is 2.86 bits per heavy atom. The van der Waals surface area contributed by atoms with Gasteiger partial charge in [-0.05, 0) is 65.0 Å². The lowest BCUT2D eigenvalue weighted by molar-refractivity contribution is 0.256. The number of amides is 2.